The minimum atomic E-state index is -0.618. The molecule has 0 spiro atoms. The van der Waals surface area contributed by atoms with Crippen LogP contribution in [-0.4, -0.2) is 29.7 Å². The SMILES string of the molecule is COCC(=O)O[C@H](C)c1nc2sc3c(c2c(=O)[nH]1)CC[C@@H](C)C3. The summed E-state index contributed by atoms with van der Waals surface area (Å²) in [6, 6.07) is 0. The van der Waals surface area contributed by atoms with E-state index in [2.05, 4.69) is 16.9 Å². The lowest BCUT2D eigenvalue weighted by molar-refractivity contribution is -0.153. The molecule has 0 fully saturated rings. The number of fused-ring (bicyclic) bond motifs is 3. The summed E-state index contributed by atoms with van der Waals surface area (Å²) < 4.78 is 9.94. The van der Waals surface area contributed by atoms with E-state index in [9.17, 15) is 9.59 Å². The van der Waals surface area contributed by atoms with Crippen LogP contribution < -0.4 is 5.56 Å². The summed E-state index contributed by atoms with van der Waals surface area (Å²) in [5.41, 5.74) is 0.999. The number of methoxy groups -OCH3 is 1. The number of thiophene rings is 1. The molecule has 0 radical (unpaired) electrons. The fraction of sp³-hybridized carbons (Fsp3) is 0.562. The number of hydrogen-bond donors (Lipinski definition) is 1. The molecule has 6 nitrogen and oxygen atoms in total. The van der Waals surface area contributed by atoms with Gasteiger partial charge in [0.15, 0.2) is 11.9 Å². The summed E-state index contributed by atoms with van der Waals surface area (Å²) in [5.74, 6) is 0.531. The molecule has 2 aromatic rings. The Kier molecular flexibility index (Phi) is 4.50. The average molecular weight is 336 g/mol. The first-order valence-electron chi connectivity index (χ1n) is 7.72. The third kappa shape index (κ3) is 3.16. The Labute approximate surface area is 137 Å². The van der Waals surface area contributed by atoms with E-state index in [1.54, 1.807) is 18.3 Å². The van der Waals surface area contributed by atoms with Crippen molar-refractivity contribution >= 4 is 27.5 Å². The lowest BCUT2D eigenvalue weighted by Crippen LogP contribution is -2.19. The number of rotatable bonds is 4. The maximum atomic E-state index is 12.5. The molecule has 7 heteroatoms. The van der Waals surface area contributed by atoms with Crippen molar-refractivity contribution in [2.24, 2.45) is 5.92 Å². The van der Waals surface area contributed by atoms with E-state index in [1.165, 1.54) is 12.0 Å². The second-order valence-electron chi connectivity index (χ2n) is 6.05. The largest absolute Gasteiger partial charge is 0.453 e. The molecule has 0 aliphatic heterocycles. The van der Waals surface area contributed by atoms with E-state index in [-0.39, 0.29) is 12.2 Å². The topological polar surface area (TPSA) is 81.3 Å². The number of hydrogen-bond acceptors (Lipinski definition) is 6. The molecule has 0 bridgehead atoms. The van der Waals surface area contributed by atoms with Gasteiger partial charge in [-0.1, -0.05) is 6.92 Å². The number of carbonyl (C=O) groups is 1. The summed E-state index contributed by atoms with van der Waals surface area (Å²) in [6.07, 6.45) is 2.42. The van der Waals surface area contributed by atoms with Gasteiger partial charge in [-0.15, -0.1) is 11.3 Å². The summed E-state index contributed by atoms with van der Waals surface area (Å²) in [6.45, 7) is 3.79. The van der Waals surface area contributed by atoms with Crippen LogP contribution in [0.25, 0.3) is 10.2 Å². The zero-order valence-corrected chi connectivity index (χ0v) is 14.3. The molecule has 0 saturated heterocycles. The lowest BCUT2D eigenvalue weighted by atomic mass is 9.89. The van der Waals surface area contributed by atoms with Crippen molar-refractivity contribution in [1.29, 1.82) is 0 Å². The van der Waals surface area contributed by atoms with Gasteiger partial charge in [0.2, 0.25) is 0 Å². The molecule has 2 aromatic heterocycles. The predicted molar refractivity (Wildman–Crippen MR) is 87.8 cm³/mol. The molecule has 1 N–H and O–H groups in total. The summed E-state index contributed by atoms with van der Waals surface area (Å²) in [4.78, 5) is 33.3. The Morgan fingerprint density at radius 1 is 1.52 bits per heavy atom. The fourth-order valence-corrected chi connectivity index (χ4v) is 4.35. The van der Waals surface area contributed by atoms with Gasteiger partial charge in [0.05, 0.1) is 5.39 Å². The van der Waals surface area contributed by atoms with Gasteiger partial charge < -0.3 is 14.5 Å². The molecule has 124 valence electrons. The third-order valence-corrected chi connectivity index (χ3v) is 5.29. The maximum absolute atomic E-state index is 12.5. The monoisotopic (exact) mass is 336 g/mol. The van der Waals surface area contributed by atoms with Gasteiger partial charge in [0.1, 0.15) is 11.4 Å². The molecule has 0 unspecified atom stereocenters. The molecule has 1 aliphatic carbocycles. The zero-order chi connectivity index (χ0) is 16.6. The van der Waals surface area contributed by atoms with Gasteiger partial charge in [0, 0.05) is 12.0 Å². The summed E-state index contributed by atoms with van der Waals surface area (Å²) in [5, 5.41) is 0.705. The van der Waals surface area contributed by atoms with Crippen LogP contribution in [0.3, 0.4) is 0 Å². The number of aromatic nitrogens is 2. The minimum Gasteiger partial charge on any atom is -0.453 e. The molecule has 3 rings (SSSR count). The molecule has 2 heterocycles. The smallest absolute Gasteiger partial charge is 0.332 e. The van der Waals surface area contributed by atoms with E-state index >= 15 is 0 Å². The zero-order valence-electron chi connectivity index (χ0n) is 13.5. The van der Waals surface area contributed by atoms with Gasteiger partial charge in [-0.25, -0.2) is 9.78 Å². The van der Waals surface area contributed by atoms with Crippen molar-refractivity contribution in [2.45, 2.75) is 39.2 Å². The first-order valence-corrected chi connectivity index (χ1v) is 8.54. The summed E-state index contributed by atoms with van der Waals surface area (Å²) >= 11 is 1.58. The first-order chi connectivity index (χ1) is 11.0. The molecular weight excluding hydrogens is 316 g/mol. The third-order valence-electron chi connectivity index (χ3n) is 4.14. The van der Waals surface area contributed by atoms with Gasteiger partial charge >= 0.3 is 5.97 Å². The fourth-order valence-electron chi connectivity index (χ4n) is 2.96. The highest BCUT2D eigenvalue weighted by Crippen LogP contribution is 2.35. The van der Waals surface area contributed by atoms with Crippen LogP contribution in [-0.2, 0) is 27.1 Å². The quantitative estimate of drug-likeness (QED) is 0.867. The second-order valence-corrected chi connectivity index (χ2v) is 7.13. The number of nitrogens with one attached hydrogen (secondary N) is 1. The minimum absolute atomic E-state index is 0.123. The average Bonchev–Trinajstić information content (AvgIpc) is 2.84. The van der Waals surface area contributed by atoms with Crippen LogP contribution in [0, 0.1) is 5.92 Å². The molecular formula is C16H20N2O4S. The number of aryl methyl sites for hydroxylation is 1. The number of aromatic amines is 1. The van der Waals surface area contributed by atoms with E-state index in [0.717, 1.165) is 29.7 Å². The van der Waals surface area contributed by atoms with Gasteiger partial charge in [-0.05, 0) is 37.7 Å². The van der Waals surface area contributed by atoms with E-state index in [0.29, 0.717) is 17.1 Å². The second kappa shape index (κ2) is 6.41. The Balaban J connectivity index is 1.95. The van der Waals surface area contributed by atoms with Crippen molar-refractivity contribution in [2.75, 3.05) is 13.7 Å². The maximum Gasteiger partial charge on any atom is 0.332 e. The Hall–Kier alpha value is -1.73. The van der Waals surface area contributed by atoms with Crippen molar-refractivity contribution in [3.8, 4) is 0 Å². The molecule has 0 saturated carbocycles. The molecule has 1 aliphatic rings. The van der Waals surface area contributed by atoms with Crippen LogP contribution >= 0.6 is 11.3 Å². The molecule has 0 aromatic carbocycles. The normalized spacial score (nSPS) is 18.7. The molecule has 2 atom stereocenters. The highest BCUT2D eigenvalue weighted by Gasteiger charge is 2.24. The first kappa shape index (κ1) is 16.1. The van der Waals surface area contributed by atoms with Crippen molar-refractivity contribution in [3.05, 3.63) is 26.6 Å². The Morgan fingerprint density at radius 3 is 3.04 bits per heavy atom. The number of esters is 1. The standard InChI is InChI=1S/C16H20N2O4S/c1-8-4-5-10-11(6-8)23-16-13(10)15(20)17-14(18-16)9(2)22-12(19)7-21-3/h8-9H,4-7H2,1-3H3,(H,17,18,20)/t8-,9-/m1/s1. The number of H-pyrrole nitrogens is 1. The van der Waals surface area contributed by atoms with Gasteiger partial charge in [0.25, 0.3) is 5.56 Å². The highest BCUT2D eigenvalue weighted by atomic mass is 32.1. The highest BCUT2D eigenvalue weighted by molar-refractivity contribution is 7.18. The number of nitrogens with zero attached hydrogens (tertiary/aromatic N) is 1. The van der Waals surface area contributed by atoms with Crippen LogP contribution in [0.5, 0.6) is 0 Å². The van der Waals surface area contributed by atoms with Gasteiger partial charge in [-0.3, -0.25) is 4.79 Å². The lowest BCUT2D eigenvalue weighted by Gasteiger charge is -2.17. The number of carbonyl (C=O) groups excluding carboxylic acids is 1. The summed E-state index contributed by atoms with van der Waals surface area (Å²) in [7, 11) is 1.43. The van der Waals surface area contributed by atoms with E-state index < -0.39 is 12.1 Å². The van der Waals surface area contributed by atoms with Crippen LogP contribution in [0.1, 0.15) is 42.6 Å². The van der Waals surface area contributed by atoms with Gasteiger partial charge in [-0.2, -0.15) is 0 Å². The van der Waals surface area contributed by atoms with E-state index in [4.69, 9.17) is 9.47 Å². The van der Waals surface area contributed by atoms with Crippen molar-refractivity contribution in [3.63, 3.8) is 0 Å². The number of ether oxygens (including phenoxy) is 2. The van der Waals surface area contributed by atoms with Crippen molar-refractivity contribution < 1.29 is 14.3 Å². The predicted octanol–water partition coefficient (Wildman–Crippen LogP) is 2.36. The van der Waals surface area contributed by atoms with Crippen molar-refractivity contribution in [1.82, 2.24) is 9.97 Å². The van der Waals surface area contributed by atoms with E-state index in [1.807, 2.05) is 0 Å². The Morgan fingerprint density at radius 2 is 2.30 bits per heavy atom. The van der Waals surface area contributed by atoms with Crippen LogP contribution in [0.15, 0.2) is 4.79 Å². The Bertz CT molecular complexity index is 795. The molecule has 23 heavy (non-hydrogen) atoms. The van der Waals surface area contributed by atoms with Crippen LogP contribution in [0.2, 0.25) is 0 Å². The molecule has 0 amide bonds. The van der Waals surface area contributed by atoms with Crippen LogP contribution in [0.4, 0.5) is 0 Å².